The number of halogens is 2. The van der Waals surface area contributed by atoms with Crippen molar-refractivity contribution in [2.24, 2.45) is 5.10 Å². The van der Waals surface area contributed by atoms with Gasteiger partial charge in [-0.25, -0.2) is 10.2 Å². The van der Waals surface area contributed by atoms with Crippen molar-refractivity contribution in [3.05, 3.63) is 122 Å². The summed E-state index contributed by atoms with van der Waals surface area (Å²) in [6.07, 6.45) is 1.45. The van der Waals surface area contributed by atoms with Crippen LogP contribution in [0.3, 0.4) is 0 Å². The highest BCUT2D eigenvalue weighted by Crippen LogP contribution is 2.34. The van der Waals surface area contributed by atoms with Gasteiger partial charge in [-0.1, -0.05) is 82.2 Å². The van der Waals surface area contributed by atoms with E-state index in [4.69, 9.17) is 4.74 Å². The first kappa shape index (κ1) is 26.6. The lowest BCUT2D eigenvalue weighted by molar-refractivity contribution is 0.0733. The van der Waals surface area contributed by atoms with Crippen LogP contribution in [0, 0.1) is 13.8 Å². The Morgan fingerprint density at radius 2 is 1.67 bits per heavy atom. The summed E-state index contributed by atoms with van der Waals surface area (Å²) in [4.78, 5) is 29.4. The van der Waals surface area contributed by atoms with Crippen LogP contribution in [-0.4, -0.2) is 23.1 Å². The molecule has 1 heterocycles. The Morgan fingerprint density at radius 1 is 0.923 bits per heavy atom. The minimum atomic E-state index is -0.502. The van der Waals surface area contributed by atoms with Crippen LogP contribution in [0.2, 0.25) is 0 Å². The third kappa shape index (κ3) is 5.72. The summed E-state index contributed by atoms with van der Waals surface area (Å²) in [5.74, 6) is -0.612. The number of aromatic amines is 1. The average molecular weight is 645 g/mol. The second-order valence-corrected chi connectivity index (χ2v) is 10.8. The van der Waals surface area contributed by atoms with Crippen molar-refractivity contribution in [3.8, 4) is 16.9 Å². The number of para-hydroxylation sites is 1. The number of amides is 1. The van der Waals surface area contributed by atoms with Crippen molar-refractivity contribution in [2.75, 3.05) is 0 Å². The van der Waals surface area contributed by atoms with E-state index in [0.717, 1.165) is 37.6 Å². The van der Waals surface area contributed by atoms with Crippen molar-refractivity contribution in [2.45, 2.75) is 13.8 Å². The van der Waals surface area contributed by atoms with Crippen molar-refractivity contribution in [3.63, 3.8) is 0 Å². The number of nitrogens with one attached hydrogen (secondary N) is 2. The van der Waals surface area contributed by atoms with E-state index in [-0.39, 0.29) is 5.75 Å². The van der Waals surface area contributed by atoms with Crippen LogP contribution < -0.4 is 10.2 Å². The molecule has 8 heteroatoms. The number of H-pyrrole nitrogens is 1. The largest absolute Gasteiger partial charge is 0.421 e. The average Bonchev–Trinajstić information content (AvgIpc) is 3.32. The Hall–Kier alpha value is -4.01. The van der Waals surface area contributed by atoms with Crippen LogP contribution in [0.15, 0.2) is 99.0 Å². The molecule has 39 heavy (non-hydrogen) atoms. The number of hydrogen-bond donors (Lipinski definition) is 2. The zero-order valence-corrected chi connectivity index (χ0v) is 24.3. The number of ether oxygens (including phenoxy) is 1. The summed E-state index contributed by atoms with van der Waals surface area (Å²) >= 11 is 6.93. The van der Waals surface area contributed by atoms with E-state index >= 15 is 0 Å². The highest BCUT2D eigenvalue weighted by molar-refractivity contribution is 9.11. The molecule has 0 radical (unpaired) electrons. The van der Waals surface area contributed by atoms with E-state index in [2.05, 4.69) is 47.4 Å². The minimum absolute atomic E-state index is 0.285. The van der Waals surface area contributed by atoms with Gasteiger partial charge in [0.25, 0.3) is 5.91 Å². The first-order valence-electron chi connectivity index (χ1n) is 12.1. The van der Waals surface area contributed by atoms with Gasteiger partial charge in [0, 0.05) is 26.5 Å². The second-order valence-electron chi connectivity index (χ2n) is 9.00. The lowest BCUT2D eigenvalue weighted by atomic mass is 10.0. The number of benzene rings is 4. The van der Waals surface area contributed by atoms with Gasteiger partial charge >= 0.3 is 5.97 Å². The van der Waals surface area contributed by atoms with Crippen LogP contribution in [-0.2, 0) is 0 Å². The fourth-order valence-electron chi connectivity index (χ4n) is 4.28. The lowest BCUT2D eigenvalue weighted by Gasteiger charge is -2.11. The smallest absolute Gasteiger partial charge is 0.343 e. The number of carbonyl (C=O) groups excluding carboxylic acids is 2. The highest BCUT2D eigenvalue weighted by atomic mass is 79.9. The van der Waals surface area contributed by atoms with Crippen LogP contribution >= 0.6 is 31.9 Å². The van der Waals surface area contributed by atoms with Crippen LogP contribution in [0.25, 0.3) is 22.0 Å². The summed E-state index contributed by atoms with van der Waals surface area (Å²) in [5.41, 5.74) is 8.65. The van der Waals surface area contributed by atoms with Crippen LogP contribution in [0.1, 0.15) is 37.5 Å². The number of hydrogen-bond acceptors (Lipinski definition) is 4. The summed E-state index contributed by atoms with van der Waals surface area (Å²) in [5, 5.41) is 5.16. The SMILES string of the molecule is Cc1ccc(C(=O)Oc2c(Br)cc(Br)cc2C=NNC(=O)c2[nH]c3c(C)cccc3c2-c2ccccc2)cc1. The molecule has 1 aromatic heterocycles. The topological polar surface area (TPSA) is 83.5 Å². The van der Waals surface area contributed by atoms with Gasteiger partial charge in [0.05, 0.1) is 16.3 Å². The van der Waals surface area contributed by atoms with Gasteiger partial charge in [0.1, 0.15) is 5.69 Å². The normalized spacial score (nSPS) is 11.2. The van der Waals surface area contributed by atoms with Gasteiger partial charge in [-0.3, -0.25) is 4.79 Å². The molecule has 0 aliphatic carbocycles. The quantitative estimate of drug-likeness (QED) is 0.0851. The molecular formula is C31H23Br2N3O3. The van der Waals surface area contributed by atoms with E-state index in [0.29, 0.717) is 21.3 Å². The molecule has 0 bridgehead atoms. The van der Waals surface area contributed by atoms with Crippen LogP contribution in [0.5, 0.6) is 5.75 Å². The molecular weight excluding hydrogens is 622 g/mol. The Bertz CT molecular complexity index is 1730. The van der Waals surface area contributed by atoms with Crippen molar-refractivity contribution in [1.29, 1.82) is 0 Å². The summed E-state index contributed by atoms with van der Waals surface area (Å²) in [7, 11) is 0. The number of nitrogens with zero attached hydrogens (tertiary/aromatic N) is 1. The summed E-state index contributed by atoms with van der Waals surface area (Å²) in [6.45, 7) is 3.95. The fraction of sp³-hybridized carbons (Fsp3) is 0.0645. The van der Waals surface area contributed by atoms with Gasteiger partial charge in [0.15, 0.2) is 5.75 Å². The Kier molecular flexibility index (Phi) is 7.77. The second kappa shape index (κ2) is 11.4. The molecule has 194 valence electrons. The number of hydrazone groups is 1. The zero-order valence-electron chi connectivity index (χ0n) is 21.1. The van der Waals surface area contributed by atoms with Gasteiger partial charge in [-0.2, -0.15) is 5.10 Å². The first-order chi connectivity index (χ1) is 18.8. The minimum Gasteiger partial charge on any atom is -0.421 e. The molecule has 6 nitrogen and oxygen atoms in total. The summed E-state index contributed by atoms with van der Waals surface area (Å²) < 4.78 is 7.02. The molecule has 0 spiro atoms. The first-order valence-corrected chi connectivity index (χ1v) is 13.7. The number of carbonyl (C=O) groups is 2. The predicted molar refractivity (Wildman–Crippen MR) is 162 cm³/mol. The third-order valence-electron chi connectivity index (χ3n) is 6.22. The number of fused-ring (bicyclic) bond motifs is 1. The molecule has 0 atom stereocenters. The number of esters is 1. The van der Waals surface area contributed by atoms with E-state index in [1.165, 1.54) is 6.21 Å². The van der Waals surface area contributed by atoms with Gasteiger partial charge in [-0.15, -0.1) is 0 Å². The van der Waals surface area contributed by atoms with Crippen molar-refractivity contribution < 1.29 is 14.3 Å². The molecule has 0 saturated heterocycles. The zero-order chi connectivity index (χ0) is 27.5. The summed E-state index contributed by atoms with van der Waals surface area (Å²) in [6, 6.07) is 26.4. The van der Waals surface area contributed by atoms with E-state index < -0.39 is 11.9 Å². The molecule has 0 aliphatic rings. The van der Waals surface area contributed by atoms with Crippen LogP contribution in [0.4, 0.5) is 0 Å². The maximum atomic E-state index is 13.4. The Balaban J connectivity index is 1.44. The Morgan fingerprint density at radius 3 is 2.41 bits per heavy atom. The molecule has 0 fully saturated rings. The standard InChI is InChI=1S/C31H23Br2N3O3/c1-18-11-13-21(14-12-18)31(38)39-29-22(15-23(32)16-25(29)33)17-34-36-30(37)28-26(20-8-4-3-5-9-20)24-10-6-7-19(2)27(24)35-28/h3-17,35H,1-2H3,(H,36,37). The molecule has 1 amide bonds. The molecule has 0 unspecified atom stereocenters. The van der Waals surface area contributed by atoms with E-state index in [1.54, 1.807) is 24.3 Å². The number of aryl methyl sites for hydroxylation is 2. The molecule has 5 rings (SSSR count). The molecule has 4 aromatic carbocycles. The Labute approximate surface area is 242 Å². The van der Waals surface area contributed by atoms with E-state index in [1.807, 2.05) is 74.5 Å². The van der Waals surface area contributed by atoms with Gasteiger partial charge in [-0.05, 0) is 65.2 Å². The number of rotatable bonds is 6. The maximum absolute atomic E-state index is 13.4. The monoisotopic (exact) mass is 643 g/mol. The van der Waals surface area contributed by atoms with Crippen molar-refractivity contribution in [1.82, 2.24) is 10.4 Å². The third-order valence-corrected chi connectivity index (χ3v) is 7.27. The maximum Gasteiger partial charge on any atom is 0.343 e. The van der Waals surface area contributed by atoms with E-state index in [9.17, 15) is 9.59 Å². The number of aromatic nitrogens is 1. The predicted octanol–water partition coefficient (Wildman–Crippen LogP) is 7.96. The lowest BCUT2D eigenvalue weighted by Crippen LogP contribution is -2.19. The molecule has 2 N–H and O–H groups in total. The van der Waals surface area contributed by atoms with Gasteiger partial charge in [0.2, 0.25) is 0 Å². The van der Waals surface area contributed by atoms with Crippen molar-refractivity contribution >= 4 is 60.9 Å². The van der Waals surface area contributed by atoms with Gasteiger partial charge < -0.3 is 9.72 Å². The highest BCUT2D eigenvalue weighted by Gasteiger charge is 2.20. The fourth-order valence-corrected chi connectivity index (χ4v) is 5.62. The molecule has 5 aromatic rings. The molecule has 0 saturated carbocycles. The molecule has 0 aliphatic heterocycles.